The van der Waals surface area contributed by atoms with Gasteiger partial charge in [-0.15, -0.1) is 0 Å². The predicted octanol–water partition coefficient (Wildman–Crippen LogP) is 3.46. The molecule has 0 saturated heterocycles. The van der Waals surface area contributed by atoms with Crippen molar-refractivity contribution in [2.75, 3.05) is 6.54 Å². The second-order valence-electron chi connectivity index (χ2n) is 4.28. The molecular formula is C12H25N. The second-order valence-corrected chi connectivity index (χ2v) is 4.28. The van der Waals surface area contributed by atoms with Crippen LogP contribution >= 0.6 is 0 Å². The third-order valence-electron chi connectivity index (χ3n) is 2.55. The van der Waals surface area contributed by atoms with Gasteiger partial charge in [-0.1, -0.05) is 19.1 Å². The van der Waals surface area contributed by atoms with Crippen LogP contribution in [-0.4, -0.2) is 23.5 Å². The third-order valence-corrected chi connectivity index (χ3v) is 2.55. The van der Waals surface area contributed by atoms with E-state index in [1.54, 1.807) is 0 Å². The van der Waals surface area contributed by atoms with Crippen LogP contribution in [0.1, 0.15) is 47.5 Å². The number of hydrogen-bond donors (Lipinski definition) is 0. The van der Waals surface area contributed by atoms with E-state index in [4.69, 9.17) is 0 Å². The smallest absolute Gasteiger partial charge is 0.00414 e. The quantitative estimate of drug-likeness (QED) is 0.570. The molecule has 0 radical (unpaired) electrons. The Kier molecular flexibility index (Phi) is 6.06. The van der Waals surface area contributed by atoms with E-state index in [-0.39, 0.29) is 0 Å². The first-order valence-corrected chi connectivity index (χ1v) is 5.41. The van der Waals surface area contributed by atoms with Crippen molar-refractivity contribution in [3.05, 3.63) is 12.2 Å². The number of hydrogen-bond acceptors (Lipinski definition) is 1. The Morgan fingerprint density at radius 2 is 1.62 bits per heavy atom. The highest BCUT2D eigenvalue weighted by Gasteiger charge is 2.12. The molecular weight excluding hydrogens is 158 g/mol. The van der Waals surface area contributed by atoms with Gasteiger partial charge < -0.3 is 0 Å². The molecule has 0 unspecified atom stereocenters. The minimum atomic E-state index is 0.643. The molecule has 0 fully saturated rings. The summed E-state index contributed by atoms with van der Waals surface area (Å²) in [6, 6.07) is 1.29. The van der Waals surface area contributed by atoms with E-state index >= 15 is 0 Å². The molecule has 1 heteroatoms. The standard InChI is InChI=1S/C12H25N/c1-7-12(6)8-9-13(10(2)3)11(4)5/h10-11H,6-9H2,1-5H3. The zero-order valence-electron chi connectivity index (χ0n) is 9.93. The lowest BCUT2D eigenvalue weighted by molar-refractivity contribution is 0.177. The van der Waals surface area contributed by atoms with Crippen LogP contribution in [0.4, 0.5) is 0 Å². The molecule has 0 saturated carbocycles. The number of rotatable bonds is 6. The van der Waals surface area contributed by atoms with Gasteiger partial charge in [0.15, 0.2) is 0 Å². The Labute approximate surface area is 83.8 Å². The van der Waals surface area contributed by atoms with Crippen LogP contribution in [0.3, 0.4) is 0 Å². The van der Waals surface area contributed by atoms with Crippen LogP contribution < -0.4 is 0 Å². The first kappa shape index (κ1) is 12.7. The maximum Gasteiger partial charge on any atom is 0.00414 e. The van der Waals surface area contributed by atoms with E-state index in [9.17, 15) is 0 Å². The molecule has 0 aromatic carbocycles. The van der Waals surface area contributed by atoms with Crippen LogP contribution in [0.5, 0.6) is 0 Å². The fraction of sp³-hybridized carbons (Fsp3) is 0.833. The topological polar surface area (TPSA) is 3.24 Å². The van der Waals surface area contributed by atoms with Crippen molar-refractivity contribution in [3.63, 3.8) is 0 Å². The van der Waals surface area contributed by atoms with Crippen molar-refractivity contribution in [1.82, 2.24) is 4.90 Å². The molecule has 78 valence electrons. The van der Waals surface area contributed by atoms with Gasteiger partial charge in [0.25, 0.3) is 0 Å². The minimum Gasteiger partial charge on any atom is -0.298 e. The van der Waals surface area contributed by atoms with Crippen molar-refractivity contribution in [3.8, 4) is 0 Å². The second kappa shape index (κ2) is 6.20. The van der Waals surface area contributed by atoms with Gasteiger partial charge in [-0.25, -0.2) is 0 Å². The zero-order chi connectivity index (χ0) is 10.4. The lowest BCUT2D eigenvalue weighted by atomic mass is 10.1. The first-order chi connectivity index (χ1) is 5.99. The Bertz CT molecular complexity index is 139. The molecule has 0 aliphatic carbocycles. The van der Waals surface area contributed by atoms with Gasteiger partial charge in [-0.2, -0.15) is 0 Å². The predicted molar refractivity (Wildman–Crippen MR) is 61.0 cm³/mol. The van der Waals surface area contributed by atoms with E-state index in [2.05, 4.69) is 46.1 Å². The van der Waals surface area contributed by atoms with Gasteiger partial charge in [0, 0.05) is 18.6 Å². The Morgan fingerprint density at radius 3 is 1.92 bits per heavy atom. The molecule has 0 atom stereocenters. The third kappa shape index (κ3) is 5.09. The average Bonchev–Trinajstić information content (AvgIpc) is 2.03. The van der Waals surface area contributed by atoms with Crippen molar-refractivity contribution < 1.29 is 0 Å². The average molecular weight is 183 g/mol. The lowest BCUT2D eigenvalue weighted by Crippen LogP contribution is -2.37. The van der Waals surface area contributed by atoms with Crippen LogP contribution in [0.25, 0.3) is 0 Å². The van der Waals surface area contributed by atoms with E-state index in [0.717, 1.165) is 19.4 Å². The van der Waals surface area contributed by atoms with Crippen molar-refractivity contribution in [2.24, 2.45) is 0 Å². The molecule has 0 amide bonds. The van der Waals surface area contributed by atoms with Gasteiger partial charge in [0.2, 0.25) is 0 Å². The van der Waals surface area contributed by atoms with Gasteiger partial charge in [0.05, 0.1) is 0 Å². The van der Waals surface area contributed by atoms with Crippen molar-refractivity contribution >= 4 is 0 Å². The van der Waals surface area contributed by atoms with Crippen molar-refractivity contribution in [1.29, 1.82) is 0 Å². The molecule has 0 aromatic heterocycles. The summed E-state index contributed by atoms with van der Waals surface area (Å²) in [5.74, 6) is 0. The largest absolute Gasteiger partial charge is 0.298 e. The Morgan fingerprint density at radius 1 is 1.15 bits per heavy atom. The fourth-order valence-corrected chi connectivity index (χ4v) is 1.58. The summed E-state index contributed by atoms with van der Waals surface area (Å²) in [5, 5.41) is 0. The summed E-state index contributed by atoms with van der Waals surface area (Å²) in [4.78, 5) is 2.51. The monoisotopic (exact) mass is 183 g/mol. The molecule has 0 aliphatic rings. The molecule has 1 nitrogen and oxygen atoms in total. The summed E-state index contributed by atoms with van der Waals surface area (Å²) >= 11 is 0. The summed E-state index contributed by atoms with van der Waals surface area (Å²) < 4.78 is 0. The van der Waals surface area contributed by atoms with E-state index in [1.807, 2.05) is 0 Å². The maximum absolute atomic E-state index is 4.04. The fourth-order valence-electron chi connectivity index (χ4n) is 1.58. The molecule has 13 heavy (non-hydrogen) atoms. The van der Waals surface area contributed by atoms with Crippen LogP contribution in [0.15, 0.2) is 12.2 Å². The summed E-state index contributed by atoms with van der Waals surface area (Å²) in [7, 11) is 0. The van der Waals surface area contributed by atoms with E-state index in [1.165, 1.54) is 5.57 Å². The molecule has 0 N–H and O–H groups in total. The molecule has 0 bridgehead atoms. The van der Waals surface area contributed by atoms with E-state index in [0.29, 0.717) is 12.1 Å². The lowest BCUT2D eigenvalue weighted by Gasteiger charge is -2.30. The molecule has 0 aromatic rings. The zero-order valence-corrected chi connectivity index (χ0v) is 9.93. The number of nitrogens with zero attached hydrogens (tertiary/aromatic N) is 1. The van der Waals surface area contributed by atoms with Crippen LogP contribution in [-0.2, 0) is 0 Å². The van der Waals surface area contributed by atoms with Gasteiger partial charge in [-0.3, -0.25) is 4.90 Å². The van der Waals surface area contributed by atoms with Crippen molar-refractivity contribution in [2.45, 2.75) is 59.5 Å². The molecule has 0 rings (SSSR count). The maximum atomic E-state index is 4.04. The minimum absolute atomic E-state index is 0.643. The van der Waals surface area contributed by atoms with E-state index < -0.39 is 0 Å². The normalized spacial score (nSPS) is 11.7. The molecule has 0 spiro atoms. The van der Waals surface area contributed by atoms with Crippen LogP contribution in [0.2, 0.25) is 0 Å². The highest BCUT2D eigenvalue weighted by atomic mass is 15.2. The van der Waals surface area contributed by atoms with Gasteiger partial charge in [0.1, 0.15) is 0 Å². The SMILES string of the molecule is C=C(CC)CCN(C(C)C)C(C)C. The highest BCUT2D eigenvalue weighted by Crippen LogP contribution is 2.10. The summed E-state index contributed by atoms with van der Waals surface area (Å²) in [6.45, 7) is 16.4. The molecule has 0 aliphatic heterocycles. The Balaban J connectivity index is 3.90. The molecule has 0 heterocycles. The summed E-state index contributed by atoms with van der Waals surface area (Å²) in [5.41, 5.74) is 1.37. The van der Waals surface area contributed by atoms with Gasteiger partial charge in [-0.05, 0) is 40.5 Å². The summed E-state index contributed by atoms with van der Waals surface area (Å²) in [6.07, 6.45) is 2.26. The van der Waals surface area contributed by atoms with Crippen LogP contribution in [0, 0.1) is 0 Å². The first-order valence-electron chi connectivity index (χ1n) is 5.41. The highest BCUT2D eigenvalue weighted by molar-refractivity contribution is 4.93. The van der Waals surface area contributed by atoms with Gasteiger partial charge >= 0.3 is 0 Å². The Hall–Kier alpha value is -0.300.